The van der Waals surface area contributed by atoms with Gasteiger partial charge < -0.3 is 18.6 Å². The van der Waals surface area contributed by atoms with Gasteiger partial charge in [0.15, 0.2) is 0 Å². The van der Waals surface area contributed by atoms with Gasteiger partial charge in [-0.2, -0.15) is 16.8 Å². The number of benzene rings is 2. The Morgan fingerprint density at radius 2 is 1.00 bits per heavy atom. The summed E-state index contributed by atoms with van der Waals surface area (Å²) in [5.74, 6) is -0.672. The van der Waals surface area contributed by atoms with E-state index in [9.17, 15) is 16.8 Å². The summed E-state index contributed by atoms with van der Waals surface area (Å²) in [7, 11) is -7.63. The minimum atomic E-state index is -3.82. The molecule has 148 valence electrons. The van der Waals surface area contributed by atoms with Gasteiger partial charge in [-0.3, -0.25) is 0 Å². The van der Waals surface area contributed by atoms with Crippen LogP contribution in [0.15, 0.2) is 58.3 Å². The van der Waals surface area contributed by atoms with Gasteiger partial charge in [0.25, 0.3) is 0 Å². The molecule has 0 unspecified atom stereocenters. The van der Waals surface area contributed by atoms with Crippen LogP contribution in [0.2, 0.25) is 0 Å². The van der Waals surface area contributed by atoms with E-state index in [-0.39, 0.29) is 11.5 Å². The molecule has 8 nitrogen and oxygen atoms in total. The van der Waals surface area contributed by atoms with Crippen molar-refractivity contribution in [2.45, 2.75) is 9.79 Å². The molecule has 0 fully saturated rings. The van der Waals surface area contributed by atoms with Gasteiger partial charge in [0.1, 0.15) is 23.0 Å². The second-order valence-electron chi connectivity index (χ2n) is 5.18. The molecular formula is C16H18O8S3. The third-order valence-corrected chi connectivity index (χ3v) is 6.29. The van der Waals surface area contributed by atoms with Crippen molar-refractivity contribution in [2.75, 3.05) is 24.7 Å². The van der Waals surface area contributed by atoms with Crippen molar-refractivity contribution >= 4 is 32.0 Å². The summed E-state index contributed by atoms with van der Waals surface area (Å²) in [5.41, 5.74) is 0. The Hall–Kier alpha value is -1.79. The van der Waals surface area contributed by atoms with Crippen LogP contribution in [0, 0.1) is 0 Å². The third kappa shape index (κ3) is 7.39. The Bertz CT molecular complexity index is 857. The van der Waals surface area contributed by atoms with Crippen LogP contribution < -0.4 is 8.37 Å². The molecule has 0 saturated carbocycles. The molecule has 0 amide bonds. The van der Waals surface area contributed by atoms with E-state index in [0.29, 0.717) is 0 Å². The maximum Gasteiger partial charge on any atom is 0.311 e. The number of hydrogen-bond donors (Lipinski definition) is 2. The fourth-order valence-corrected chi connectivity index (χ4v) is 4.10. The Labute approximate surface area is 162 Å². The molecule has 0 bridgehead atoms. The summed E-state index contributed by atoms with van der Waals surface area (Å²) in [6.07, 6.45) is 0. The van der Waals surface area contributed by atoms with Crippen molar-refractivity contribution in [3.63, 3.8) is 0 Å². The molecule has 0 aliphatic heterocycles. The maximum atomic E-state index is 11.5. The Kier molecular flexibility index (Phi) is 7.50. The first kappa shape index (κ1) is 21.5. The normalized spacial score (nSPS) is 11.9. The van der Waals surface area contributed by atoms with Crippen molar-refractivity contribution < 1.29 is 35.4 Å². The van der Waals surface area contributed by atoms with Crippen molar-refractivity contribution in [2.24, 2.45) is 0 Å². The molecule has 0 saturated heterocycles. The molecule has 27 heavy (non-hydrogen) atoms. The lowest BCUT2D eigenvalue weighted by Crippen LogP contribution is -2.16. The van der Waals surface area contributed by atoms with Gasteiger partial charge in [0.05, 0.1) is 13.2 Å². The summed E-state index contributed by atoms with van der Waals surface area (Å²) in [5, 5.41) is 17.4. The van der Waals surface area contributed by atoms with E-state index in [4.69, 9.17) is 18.6 Å². The van der Waals surface area contributed by atoms with Crippen LogP contribution in [0.1, 0.15) is 0 Å². The Balaban J connectivity index is 1.99. The number of aliphatic hydroxyl groups is 2. The van der Waals surface area contributed by atoms with Crippen molar-refractivity contribution in [3.05, 3.63) is 48.5 Å². The van der Waals surface area contributed by atoms with Crippen molar-refractivity contribution in [1.82, 2.24) is 0 Å². The monoisotopic (exact) mass is 434 g/mol. The average molecular weight is 435 g/mol. The molecule has 0 aromatic heterocycles. The van der Waals surface area contributed by atoms with Crippen LogP contribution in [0.3, 0.4) is 0 Å². The first-order chi connectivity index (χ1) is 12.7. The van der Waals surface area contributed by atoms with Crippen LogP contribution >= 0.6 is 11.8 Å². The summed E-state index contributed by atoms with van der Waals surface area (Å²) in [6.45, 7) is -1.03. The van der Waals surface area contributed by atoms with Gasteiger partial charge in [-0.1, -0.05) is 11.8 Å². The average Bonchev–Trinajstić information content (AvgIpc) is 2.57. The standard InChI is InChI=1S/C16H18O8S3/c17-9-11-26(19,20)23-13-1-5-15(6-2-13)25-16-7-3-14(4-8-16)24-27(21,22)12-10-18/h1-8,17-18H,9-12H2. The predicted molar refractivity (Wildman–Crippen MR) is 100 cm³/mol. The van der Waals surface area contributed by atoms with Gasteiger partial charge in [-0.25, -0.2) is 0 Å². The van der Waals surface area contributed by atoms with Crippen LogP contribution in [0.4, 0.5) is 0 Å². The number of hydrogen-bond acceptors (Lipinski definition) is 9. The molecule has 2 aromatic rings. The smallest absolute Gasteiger partial charge is 0.311 e. The van der Waals surface area contributed by atoms with E-state index >= 15 is 0 Å². The molecule has 0 aliphatic carbocycles. The van der Waals surface area contributed by atoms with E-state index in [2.05, 4.69) is 0 Å². The van der Waals surface area contributed by atoms with Crippen LogP contribution in [-0.4, -0.2) is 51.8 Å². The zero-order valence-corrected chi connectivity index (χ0v) is 16.5. The largest absolute Gasteiger partial charge is 0.395 e. The Morgan fingerprint density at radius 3 is 1.30 bits per heavy atom. The van der Waals surface area contributed by atoms with Gasteiger partial charge >= 0.3 is 20.2 Å². The van der Waals surface area contributed by atoms with Gasteiger partial charge in [-0.15, -0.1) is 0 Å². The molecule has 0 radical (unpaired) electrons. The van der Waals surface area contributed by atoms with E-state index in [0.717, 1.165) is 9.79 Å². The van der Waals surface area contributed by atoms with Gasteiger partial charge in [0.2, 0.25) is 0 Å². The highest BCUT2D eigenvalue weighted by molar-refractivity contribution is 7.99. The zero-order valence-electron chi connectivity index (χ0n) is 14.0. The highest BCUT2D eigenvalue weighted by Crippen LogP contribution is 2.30. The first-order valence-electron chi connectivity index (χ1n) is 7.67. The van der Waals surface area contributed by atoms with E-state index in [1.165, 1.54) is 36.0 Å². The zero-order chi connectivity index (χ0) is 19.9. The molecule has 0 heterocycles. The number of aliphatic hydroxyl groups excluding tert-OH is 2. The fourth-order valence-electron chi connectivity index (χ4n) is 1.86. The minimum absolute atomic E-state index is 0.144. The summed E-state index contributed by atoms with van der Waals surface area (Å²) in [6, 6.07) is 12.7. The van der Waals surface area contributed by atoms with E-state index in [1.807, 2.05) is 0 Å². The molecule has 0 spiro atoms. The fraction of sp³-hybridized carbons (Fsp3) is 0.250. The second kappa shape index (κ2) is 9.42. The van der Waals surface area contributed by atoms with Gasteiger partial charge in [-0.05, 0) is 48.5 Å². The van der Waals surface area contributed by atoms with E-state index < -0.39 is 45.0 Å². The summed E-state index contributed by atoms with van der Waals surface area (Å²) in [4.78, 5) is 1.62. The van der Waals surface area contributed by atoms with Gasteiger partial charge in [0, 0.05) is 9.79 Å². The SMILES string of the molecule is O=S(=O)(CCO)Oc1ccc(Sc2ccc(OS(=O)(=O)CCO)cc2)cc1. The second-order valence-corrected chi connectivity index (χ2v) is 9.71. The van der Waals surface area contributed by atoms with E-state index in [1.54, 1.807) is 24.3 Å². The molecule has 0 aliphatic rings. The van der Waals surface area contributed by atoms with Crippen molar-refractivity contribution in [3.8, 4) is 11.5 Å². The first-order valence-corrected chi connectivity index (χ1v) is 11.6. The lowest BCUT2D eigenvalue weighted by atomic mass is 10.3. The summed E-state index contributed by atoms with van der Waals surface area (Å²) >= 11 is 1.37. The van der Waals surface area contributed by atoms with Crippen LogP contribution in [0.25, 0.3) is 0 Å². The molecule has 0 atom stereocenters. The van der Waals surface area contributed by atoms with Crippen LogP contribution in [0.5, 0.6) is 11.5 Å². The maximum absolute atomic E-state index is 11.5. The Morgan fingerprint density at radius 1 is 0.667 bits per heavy atom. The molecule has 2 rings (SSSR count). The van der Waals surface area contributed by atoms with Crippen molar-refractivity contribution in [1.29, 1.82) is 0 Å². The molecule has 2 N–H and O–H groups in total. The molecule has 2 aromatic carbocycles. The lowest BCUT2D eigenvalue weighted by molar-refractivity contribution is 0.315. The minimum Gasteiger partial charge on any atom is -0.395 e. The summed E-state index contributed by atoms with van der Waals surface area (Å²) < 4.78 is 55.7. The molecule has 11 heteroatoms. The predicted octanol–water partition coefficient (Wildman–Crippen LogP) is 1.24. The third-order valence-electron chi connectivity index (χ3n) is 3.01. The topological polar surface area (TPSA) is 127 Å². The lowest BCUT2D eigenvalue weighted by Gasteiger charge is -2.08. The quantitative estimate of drug-likeness (QED) is 0.531. The van der Waals surface area contributed by atoms with Crippen LogP contribution in [-0.2, 0) is 20.2 Å². The highest BCUT2D eigenvalue weighted by atomic mass is 32.2. The molecular weight excluding hydrogens is 416 g/mol. The number of rotatable bonds is 10. The highest BCUT2D eigenvalue weighted by Gasteiger charge is 2.13.